The fraction of sp³-hybridized carbons (Fsp3) is 0.478. The molecule has 0 bridgehead atoms. The summed E-state index contributed by atoms with van der Waals surface area (Å²) in [6.07, 6.45) is 11.9. The zero-order chi connectivity index (χ0) is 19.2. The molecule has 1 amide bonds. The molecule has 2 N–H and O–H groups in total. The van der Waals surface area contributed by atoms with Crippen LogP contribution in [-0.4, -0.2) is 30.0 Å². The van der Waals surface area contributed by atoms with Crippen LogP contribution in [0.4, 0.5) is 17.1 Å². The second-order valence-corrected chi connectivity index (χ2v) is 7.96. The van der Waals surface area contributed by atoms with E-state index < -0.39 is 0 Å². The Labute approximate surface area is 167 Å². The molecule has 0 atom stereocenters. The maximum atomic E-state index is 12.6. The van der Waals surface area contributed by atoms with E-state index in [-0.39, 0.29) is 5.91 Å². The van der Waals surface area contributed by atoms with Crippen LogP contribution in [0.25, 0.3) is 0 Å². The Morgan fingerprint density at radius 3 is 2.36 bits per heavy atom. The van der Waals surface area contributed by atoms with Crippen molar-refractivity contribution in [1.82, 2.24) is 4.98 Å². The van der Waals surface area contributed by atoms with E-state index in [1.54, 1.807) is 6.20 Å². The smallest absolute Gasteiger partial charge is 0.274 e. The number of benzene rings is 1. The Morgan fingerprint density at radius 2 is 1.61 bits per heavy atom. The topological polar surface area (TPSA) is 57.3 Å². The number of carbonyl (C=O) groups excluding carboxylic acids is 1. The summed E-state index contributed by atoms with van der Waals surface area (Å²) >= 11 is 0. The van der Waals surface area contributed by atoms with Crippen LogP contribution >= 0.6 is 0 Å². The third-order valence-electron chi connectivity index (χ3n) is 5.81. The van der Waals surface area contributed by atoms with E-state index >= 15 is 0 Å². The number of aromatic nitrogens is 1. The van der Waals surface area contributed by atoms with E-state index in [2.05, 4.69) is 32.7 Å². The first-order valence-corrected chi connectivity index (χ1v) is 10.7. The van der Waals surface area contributed by atoms with E-state index in [4.69, 9.17) is 0 Å². The Balaban J connectivity index is 1.37. The van der Waals surface area contributed by atoms with Crippen molar-refractivity contribution in [1.29, 1.82) is 0 Å². The number of rotatable bonds is 5. The minimum atomic E-state index is -0.169. The summed E-state index contributed by atoms with van der Waals surface area (Å²) in [6, 6.07) is 12.4. The van der Waals surface area contributed by atoms with Gasteiger partial charge in [0.2, 0.25) is 0 Å². The molecule has 2 fully saturated rings. The maximum absolute atomic E-state index is 12.6. The van der Waals surface area contributed by atoms with Gasteiger partial charge in [-0.1, -0.05) is 19.3 Å². The summed E-state index contributed by atoms with van der Waals surface area (Å²) in [5, 5.41) is 6.53. The molecule has 1 aliphatic heterocycles. The molecule has 1 aromatic carbocycles. The molecule has 2 aliphatic rings. The highest BCUT2D eigenvalue weighted by Gasteiger charge is 2.15. The number of carbonyl (C=O) groups is 1. The van der Waals surface area contributed by atoms with Crippen LogP contribution in [0.15, 0.2) is 42.6 Å². The highest BCUT2D eigenvalue weighted by Crippen LogP contribution is 2.23. The van der Waals surface area contributed by atoms with Crippen molar-refractivity contribution in [2.75, 3.05) is 28.6 Å². The van der Waals surface area contributed by atoms with Crippen molar-refractivity contribution < 1.29 is 4.79 Å². The molecule has 0 radical (unpaired) electrons. The number of piperidine rings is 1. The molecule has 28 heavy (non-hydrogen) atoms. The fourth-order valence-electron chi connectivity index (χ4n) is 4.23. The number of hydrogen-bond acceptors (Lipinski definition) is 4. The first kappa shape index (κ1) is 18.8. The highest BCUT2D eigenvalue weighted by molar-refractivity contribution is 6.03. The second kappa shape index (κ2) is 9.09. The van der Waals surface area contributed by atoms with Crippen LogP contribution in [-0.2, 0) is 0 Å². The molecule has 1 aromatic heterocycles. The van der Waals surface area contributed by atoms with E-state index in [0.717, 1.165) is 24.5 Å². The molecule has 148 valence electrons. The lowest BCUT2D eigenvalue weighted by molar-refractivity contribution is 0.102. The lowest BCUT2D eigenvalue weighted by Crippen LogP contribution is -2.29. The number of anilines is 3. The van der Waals surface area contributed by atoms with Gasteiger partial charge in [-0.25, -0.2) is 0 Å². The first-order valence-electron chi connectivity index (χ1n) is 10.7. The zero-order valence-corrected chi connectivity index (χ0v) is 16.5. The lowest BCUT2D eigenvalue weighted by Gasteiger charge is -2.28. The van der Waals surface area contributed by atoms with Crippen molar-refractivity contribution in [2.24, 2.45) is 0 Å². The van der Waals surface area contributed by atoms with Gasteiger partial charge in [0, 0.05) is 42.4 Å². The van der Waals surface area contributed by atoms with Gasteiger partial charge in [-0.05, 0) is 68.5 Å². The van der Waals surface area contributed by atoms with E-state index in [1.165, 1.54) is 57.1 Å². The van der Waals surface area contributed by atoms with Crippen LogP contribution in [0.5, 0.6) is 0 Å². The number of pyridine rings is 1. The van der Waals surface area contributed by atoms with E-state index in [1.807, 2.05) is 24.3 Å². The summed E-state index contributed by atoms with van der Waals surface area (Å²) in [7, 11) is 0. The normalized spacial score (nSPS) is 17.9. The largest absolute Gasteiger partial charge is 0.382 e. The molecule has 2 aromatic rings. The van der Waals surface area contributed by atoms with Gasteiger partial charge in [-0.2, -0.15) is 0 Å². The molecule has 0 spiro atoms. The Bertz CT molecular complexity index is 777. The van der Waals surface area contributed by atoms with Crippen molar-refractivity contribution >= 4 is 23.0 Å². The van der Waals surface area contributed by atoms with Crippen LogP contribution in [0, 0.1) is 0 Å². The predicted octanol–water partition coefficient (Wildman–Crippen LogP) is 5.07. The molecular formula is C23H30N4O. The van der Waals surface area contributed by atoms with Crippen LogP contribution in [0.2, 0.25) is 0 Å². The third kappa shape index (κ3) is 4.83. The SMILES string of the molecule is O=C(Nc1ccc(N2CCCCC2)cc1)c1cc(NC2CCCCC2)ccn1. The Kier molecular flexibility index (Phi) is 6.10. The van der Waals surface area contributed by atoms with Crippen LogP contribution in [0.1, 0.15) is 61.9 Å². The summed E-state index contributed by atoms with van der Waals surface area (Å²) in [5.74, 6) is -0.169. The average Bonchev–Trinajstić information content (AvgIpc) is 2.76. The highest BCUT2D eigenvalue weighted by atomic mass is 16.1. The monoisotopic (exact) mass is 378 g/mol. The van der Waals surface area contributed by atoms with E-state index in [0.29, 0.717) is 11.7 Å². The minimum Gasteiger partial charge on any atom is -0.382 e. The molecule has 5 heteroatoms. The quantitative estimate of drug-likeness (QED) is 0.763. The lowest BCUT2D eigenvalue weighted by atomic mass is 9.95. The van der Waals surface area contributed by atoms with Crippen molar-refractivity contribution in [3.63, 3.8) is 0 Å². The molecule has 0 unspecified atom stereocenters. The summed E-state index contributed by atoms with van der Waals surface area (Å²) in [5.41, 5.74) is 3.46. The zero-order valence-electron chi connectivity index (χ0n) is 16.5. The second-order valence-electron chi connectivity index (χ2n) is 7.96. The number of amides is 1. The van der Waals surface area contributed by atoms with Crippen LogP contribution in [0.3, 0.4) is 0 Å². The van der Waals surface area contributed by atoms with Crippen molar-refractivity contribution in [3.8, 4) is 0 Å². The molecule has 2 heterocycles. The van der Waals surface area contributed by atoms with Gasteiger partial charge in [-0.3, -0.25) is 9.78 Å². The summed E-state index contributed by atoms with van der Waals surface area (Å²) < 4.78 is 0. The van der Waals surface area contributed by atoms with Gasteiger partial charge in [0.1, 0.15) is 5.69 Å². The molecule has 4 rings (SSSR count). The van der Waals surface area contributed by atoms with Crippen LogP contribution < -0.4 is 15.5 Å². The van der Waals surface area contributed by atoms with Crippen molar-refractivity contribution in [3.05, 3.63) is 48.3 Å². The summed E-state index contributed by atoms with van der Waals surface area (Å²) in [4.78, 5) is 19.3. The average molecular weight is 379 g/mol. The van der Waals surface area contributed by atoms with Gasteiger partial charge >= 0.3 is 0 Å². The number of nitrogens with one attached hydrogen (secondary N) is 2. The number of hydrogen-bond donors (Lipinski definition) is 2. The van der Waals surface area contributed by atoms with E-state index in [9.17, 15) is 4.79 Å². The first-order chi connectivity index (χ1) is 13.8. The molecule has 1 aliphatic carbocycles. The molecule has 1 saturated carbocycles. The molecule has 5 nitrogen and oxygen atoms in total. The Morgan fingerprint density at radius 1 is 0.893 bits per heavy atom. The summed E-state index contributed by atoms with van der Waals surface area (Å²) in [6.45, 7) is 2.24. The number of nitrogens with zero attached hydrogens (tertiary/aromatic N) is 2. The van der Waals surface area contributed by atoms with Crippen molar-refractivity contribution in [2.45, 2.75) is 57.4 Å². The Hall–Kier alpha value is -2.56. The standard InChI is InChI=1S/C23H30N4O/c28-23(22-17-20(13-14-24-22)25-18-7-3-1-4-8-18)26-19-9-11-21(12-10-19)27-15-5-2-6-16-27/h9-14,17-18H,1-8,15-16H2,(H,24,25)(H,26,28). The fourth-order valence-corrected chi connectivity index (χ4v) is 4.23. The van der Waals surface area contributed by atoms with Gasteiger partial charge in [0.15, 0.2) is 0 Å². The molecule has 1 saturated heterocycles. The third-order valence-corrected chi connectivity index (χ3v) is 5.81. The van der Waals surface area contributed by atoms with Gasteiger partial charge < -0.3 is 15.5 Å². The van der Waals surface area contributed by atoms with Gasteiger partial charge in [-0.15, -0.1) is 0 Å². The molecular weight excluding hydrogens is 348 g/mol. The minimum absolute atomic E-state index is 0.169. The van der Waals surface area contributed by atoms with Gasteiger partial charge in [0.25, 0.3) is 5.91 Å². The predicted molar refractivity (Wildman–Crippen MR) is 115 cm³/mol. The maximum Gasteiger partial charge on any atom is 0.274 e. The van der Waals surface area contributed by atoms with Gasteiger partial charge in [0.05, 0.1) is 0 Å².